The molecule has 7 nitrogen and oxygen atoms in total. The molecule has 3 atom stereocenters. The number of hydrogen-bond donors (Lipinski definition) is 1. The molecule has 0 aromatic heterocycles. The van der Waals surface area contributed by atoms with Crippen molar-refractivity contribution in [3.05, 3.63) is 76.1 Å². The lowest BCUT2D eigenvalue weighted by Crippen LogP contribution is -2.36. The number of benzene rings is 2. The molecule has 0 saturated carbocycles. The zero-order valence-corrected chi connectivity index (χ0v) is 23.9. The molecule has 2 aliphatic rings. The summed E-state index contributed by atoms with van der Waals surface area (Å²) in [6.45, 7) is 9.64. The molecule has 39 heavy (non-hydrogen) atoms. The van der Waals surface area contributed by atoms with E-state index in [2.05, 4.69) is 5.32 Å². The maximum absolute atomic E-state index is 14.0. The van der Waals surface area contributed by atoms with Crippen molar-refractivity contribution in [1.82, 2.24) is 5.32 Å². The number of carbonyl (C=O) groups is 2. The second kappa shape index (κ2) is 12.0. The van der Waals surface area contributed by atoms with Crippen LogP contribution < -0.4 is 19.5 Å². The number of ether oxygens (including phenoxy) is 4. The van der Waals surface area contributed by atoms with Crippen LogP contribution in [0.15, 0.2) is 65.0 Å². The third-order valence-corrected chi connectivity index (χ3v) is 7.40. The van der Waals surface area contributed by atoms with Crippen LogP contribution in [0.4, 0.5) is 0 Å². The van der Waals surface area contributed by atoms with Gasteiger partial charge >= 0.3 is 5.97 Å². The van der Waals surface area contributed by atoms with Crippen LogP contribution in [0.2, 0.25) is 0 Å². The van der Waals surface area contributed by atoms with Crippen molar-refractivity contribution in [3.8, 4) is 17.2 Å². The van der Waals surface area contributed by atoms with Crippen molar-refractivity contribution in [2.24, 2.45) is 0 Å². The second-order valence-corrected chi connectivity index (χ2v) is 10.5. The van der Waals surface area contributed by atoms with Gasteiger partial charge in [-0.1, -0.05) is 31.2 Å². The fourth-order valence-electron chi connectivity index (χ4n) is 5.37. The Morgan fingerprint density at radius 1 is 1.00 bits per heavy atom. The van der Waals surface area contributed by atoms with Crippen LogP contribution in [0.1, 0.15) is 76.8 Å². The Balaban J connectivity index is 1.81. The molecule has 1 aliphatic carbocycles. The maximum Gasteiger partial charge on any atom is 0.337 e. The minimum Gasteiger partial charge on any atom is -0.493 e. The van der Waals surface area contributed by atoms with Gasteiger partial charge in [-0.2, -0.15) is 0 Å². The second-order valence-electron chi connectivity index (χ2n) is 10.5. The van der Waals surface area contributed by atoms with Gasteiger partial charge in [0.2, 0.25) is 0 Å². The van der Waals surface area contributed by atoms with Crippen molar-refractivity contribution in [1.29, 1.82) is 0 Å². The number of dihydropyridines is 1. The number of esters is 1. The summed E-state index contributed by atoms with van der Waals surface area (Å²) in [5, 5.41) is 3.42. The van der Waals surface area contributed by atoms with Gasteiger partial charge in [0.1, 0.15) is 5.75 Å². The van der Waals surface area contributed by atoms with E-state index in [0.717, 1.165) is 16.8 Å². The smallest absolute Gasteiger partial charge is 0.337 e. The number of carbonyl (C=O) groups excluding carboxylic acids is 2. The zero-order chi connectivity index (χ0) is 28.3. The topological polar surface area (TPSA) is 83.1 Å². The van der Waals surface area contributed by atoms with Gasteiger partial charge in [0.15, 0.2) is 17.3 Å². The highest BCUT2D eigenvalue weighted by molar-refractivity contribution is 6.04. The number of hydrogen-bond acceptors (Lipinski definition) is 7. The molecular weight excluding hydrogens is 494 g/mol. The summed E-state index contributed by atoms with van der Waals surface area (Å²) in [5.74, 6) is 0.864. The molecule has 7 heteroatoms. The lowest BCUT2D eigenvalue weighted by atomic mass is 9.71. The van der Waals surface area contributed by atoms with Crippen molar-refractivity contribution < 1.29 is 28.5 Å². The average molecular weight is 534 g/mol. The number of allylic oxidation sites excluding steroid dienone is 3. The largest absolute Gasteiger partial charge is 0.493 e. The van der Waals surface area contributed by atoms with E-state index >= 15 is 0 Å². The third-order valence-electron chi connectivity index (χ3n) is 7.40. The summed E-state index contributed by atoms with van der Waals surface area (Å²) < 4.78 is 22.9. The molecule has 1 aliphatic heterocycles. The predicted molar refractivity (Wildman–Crippen MR) is 150 cm³/mol. The van der Waals surface area contributed by atoms with Gasteiger partial charge in [0.25, 0.3) is 0 Å². The Morgan fingerprint density at radius 3 is 2.38 bits per heavy atom. The van der Waals surface area contributed by atoms with E-state index in [0.29, 0.717) is 53.4 Å². The molecule has 4 rings (SSSR count). The summed E-state index contributed by atoms with van der Waals surface area (Å²) in [5.41, 5.74) is 4.35. The molecule has 0 saturated heterocycles. The van der Waals surface area contributed by atoms with Crippen LogP contribution in [0.3, 0.4) is 0 Å². The number of rotatable bonds is 9. The molecule has 0 amide bonds. The highest BCUT2D eigenvalue weighted by Gasteiger charge is 2.42. The van der Waals surface area contributed by atoms with E-state index in [1.54, 1.807) is 14.2 Å². The fourth-order valence-corrected chi connectivity index (χ4v) is 5.37. The Hall–Kier alpha value is -3.74. The first-order chi connectivity index (χ1) is 18.7. The highest BCUT2D eigenvalue weighted by Crippen LogP contribution is 2.48. The van der Waals surface area contributed by atoms with Crippen LogP contribution in [0.25, 0.3) is 0 Å². The van der Waals surface area contributed by atoms with Crippen molar-refractivity contribution in [3.63, 3.8) is 0 Å². The third kappa shape index (κ3) is 5.82. The lowest BCUT2D eigenvalue weighted by molar-refractivity contribution is -0.144. The van der Waals surface area contributed by atoms with Crippen LogP contribution in [0.5, 0.6) is 17.2 Å². The summed E-state index contributed by atoms with van der Waals surface area (Å²) >= 11 is 0. The first kappa shape index (κ1) is 28.3. The standard InChI is InChI=1S/C32H39NO6/c1-8-19(4)39-32(35)29-20(5)33-24-15-22(21-13-14-27(36-6)28(17-21)37-7)16-25(34)31(24)30(29)23-11-9-10-12-26(23)38-18(2)3/h9-14,17-19,22,30,33H,8,15-16H2,1-7H3/t19-,22+,30+/m0/s1. The van der Waals surface area contributed by atoms with Gasteiger partial charge in [-0.25, -0.2) is 4.79 Å². The van der Waals surface area contributed by atoms with E-state index < -0.39 is 11.9 Å². The maximum atomic E-state index is 14.0. The first-order valence-corrected chi connectivity index (χ1v) is 13.6. The van der Waals surface area contributed by atoms with Crippen molar-refractivity contribution in [2.75, 3.05) is 14.2 Å². The fraction of sp³-hybridized carbons (Fsp3) is 0.438. The molecule has 2 aromatic carbocycles. The SMILES string of the molecule is CC[C@H](C)OC(=O)C1=C(C)NC2=C(C(=O)C[C@H](c3ccc(OC)c(OC)c3)C2)[C@@H]1c1ccccc1OC(C)C. The summed E-state index contributed by atoms with van der Waals surface area (Å²) in [4.78, 5) is 27.6. The Bertz CT molecular complexity index is 1310. The van der Waals surface area contributed by atoms with E-state index in [4.69, 9.17) is 18.9 Å². The minimum absolute atomic E-state index is 0.00535. The molecule has 0 spiro atoms. The van der Waals surface area contributed by atoms with Crippen LogP contribution in [0, 0.1) is 0 Å². The number of Topliss-reactive ketones (excluding diaryl/α,β-unsaturated/α-hetero) is 1. The molecule has 0 unspecified atom stereocenters. The summed E-state index contributed by atoms with van der Waals surface area (Å²) in [6, 6.07) is 13.4. The van der Waals surface area contributed by atoms with Gasteiger partial charge in [-0.05, 0) is 70.2 Å². The molecule has 2 aromatic rings. The average Bonchev–Trinajstić information content (AvgIpc) is 2.91. The molecule has 0 fully saturated rings. The molecule has 0 bridgehead atoms. The molecule has 0 radical (unpaired) electrons. The highest BCUT2D eigenvalue weighted by atomic mass is 16.5. The normalized spacial score (nSPS) is 19.8. The monoisotopic (exact) mass is 533 g/mol. The van der Waals surface area contributed by atoms with Gasteiger partial charge in [0.05, 0.1) is 37.9 Å². The molecule has 1 N–H and O–H groups in total. The summed E-state index contributed by atoms with van der Waals surface area (Å²) in [7, 11) is 3.21. The van der Waals surface area contributed by atoms with Crippen molar-refractivity contribution in [2.45, 2.75) is 77.9 Å². The molecule has 208 valence electrons. The predicted octanol–water partition coefficient (Wildman–Crippen LogP) is 6.19. The Morgan fingerprint density at radius 2 is 1.72 bits per heavy atom. The number of para-hydroxylation sites is 1. The van der Waals surface area contributed by atoms with Crippen LogP contribution in [-0.2, 0) is 14.3 Å². The van der Waals surface area contributed by atoms with Gasteiger partial charge in [0, 0.05) is 29.0 Å². The Kier molecular flexibility index (Phi) is 8.68. The molecule has 1 heterocycles. The summed E-state index contributed by atoms with van der Waals surface area (Å²) in [6.07, 6.45) is 1.31. The Labute approximate surface area is 231 Å². The quantitative estimate of drug-likeness (QED) is 0.385. The number of methoxy groups -OCH3 is 2. The van der Waals surface area contributed by atoms with Crippen molar-refractivity contribution >= 4 is 11.8 Å². The van der Waals surface area contributed by atoms with Gasteiger partial charge in [-0.3, -0.25) is 4.79 Å². The lowest BCUT2D eigenvalue weighted by Gasteiger charge is -2.37. The number of ketones is 1. The first-order valence-electron chi connectivity index (χ1n) is 13.6. The minimum atomic E-state index is -0.591. The van der Waals surface area contributed by atoms with E-state index in [1.807, 2.05) is 77.1 Å². The van der Waals surface area contributed by atoms with E-state index in [9.17, 15) is 9.59 Å². The van der Waals surface area contributed by atoms with Gasteiger partial charge < -0.3 is 24.3 Å². The zero-order valence-electron chi connectivity index (χ0n) is 23.9. The van der Waals surface area contributed by atoms with E-state index in [-0.39, 0.29) is 23.9 Å². The number of nitrogens with one attached hydrogen (secondary N) is 1. The van der Waals surface area contributed by atoms with E-state index in [1.165, 1.54) is 0 Å². The van der Waals surface area contributed by atoms with Crippen LogP contribution in [-0.4, -0.2) is 38.2 Å². The van der Waals surface area contributed by atoms with Gasteiger partial charge in [-0.15, -0.1) is 0 Å². The molecular formula is C32H39NO6. The van der Waals surface area contributed by atoms with Crippen LogP contribution >= 0.6 is 0 Å².